The van der Waals surface area contributed by atoms with Crippen LogP contribution >= 0.6 is 0 Å². The highest BCUT2D eigenvalue weighted by Gasteiger charge is 2.25. The molecule has 0 bridgehead atoms. The summed E-state index contributed by atoms with van der Waals surface area (Å²) in [4.78, 5) is 4.24. The minimum absolute atomic E-state index is 0.261. The molecule has 19 heavy (non-hydrogen) atoms. The molecule has 0 saturated carbocycles. The SMILES string of the molecule is CCN=C=C1C=C(Nc2ccccc2)CC(C)(C)C1. The molecule has 100 valence electrons. The van der Waals surface area contributed by atoms with E-state index in [2.05, 4.69) is 48.2 Å². The highest BCUT2D eigenvalue weighted by atomic mass is 14.9. The van der Waals surface area contributed by atoms with E-state index in [0.29, 0.717) is 0 Å². The summed E-state index contributed by atoms with van der Waals surface area (Å²) < 4.78 is 0. The van der Waals surface area contributed by atoms with E-state index < -0.39 is 0 Å². The third-order valence-electron chi connectivity index (χ3n) is 3.15. The summed E-state index contributed by atoms with van der Waals surface area (Å²) >= 11 is 0. The number of nitrogens with zero attached hydrogens (tertiary/aromatic N) is 1. The number of anilines is 1. The van der Waals surface area contributed by atoms with Crippen LogP contribution in [0, 0.1) is 5.41 Å². The van der Waals surface area contributed by atoms with Crippen molar-refractivity contribution in [3.8, 4) is 0 Å². The normalized spacial score (nSPS) is 17.4. The molecular formula is C17H22N2. The number of aliphatic imine (C=N–C) groups is 1. The molecule has 0 aliphatic heterocycles. The van der Waals surface area contributed by atoms with E-state index in [4.69, 9.17) is 0 Å². The standard InChI is InChI=1S/C17H22N2/c1-4-18-13-14-10-16(12-17(2,3)11-14)19-15-8-6-5-7-9-15/h5-10,19H,4,11-12H2,1-3H3. The Kier molecular flexibility index (Phi) is 4.24. The number of nitrogens with one attached hydrogen (secondary N) is 1. The lowest BCUT2D eigenvalue weighted by Gasteiger charge is -2.30. The van der Waals surface area contributed by atoms with Crippen molar-refractivity contribution >= 4 is 11.6 Å². The van der Waals surface area contributed by atoms with Crippen molar-refractivity contribution in [3.63, 3.8) is 0 Å². The third-order valence-corrected chi connectivity index (χ3v) is 3.15. The highest BCUT2D eigenvalue weighted by molar-refractivity contribution is 5.64. The van der Waals surface area contributed by atoms with Gasteiger partial charge in [0.15, 0.2) is 0 Å². The van der Waals surface area contributed by atoms with Gasteiger partial charge in [0, 0.05) is 23.5 Å². The van der Waals surface area contributed by atoms with E-state index in [9.17, 15) is 0 Å². The van der Waals surface area contributed by atoms with E-state index in [1.807, 2.05) is 25.1 Å². The molecule has 0 aromatic heterocycles. The summed E-state index contributed by atoms with van der Waals surface area (Å²) in [5.74, 6) is 3.17. The Morgan fingerprint density at radius 2 is 1.95 bits per heavy atom. The molecule has 1 aromatic rings. The van der Waals surface area contributed by atoms with Crippen LogP contribution in [0.25, 0.3) is 0 Å². The predicted molar refractivity (Wildman–Crippen MR) is 82.7 cm³/mol. The van der Waals surface area contributed by atoms with Gasteiger partial charge in [-0.15, -0.1) is 0 Å². The van der Waals surface area contributed by atoms with Crippen molar-refractivity contribution in [3.05, 3.63) is 47.7 Å². The average molecular weight is 254 g/mol. The Morgan fingerprint density at radius 1 is 1.21 bits per heavy atom. The van der Waals surface area contributed by atoms with Gasteiger partial charge in [-0.1, -0.05) is 32.0 Å². The zero-order chi connectivity index (χ0) is 13.7. The Morgan fingerprint density at radius 3 is 2.63 bits per heavy atom. The molecule has 1 aliphatic carbocycles. The van der Waals surface area contributed by atoms with Gasteiger partial charge < -0.3 is 5.32 Å². The molecule has 2 heteroatoms. The first-order valence-corrected chi connectivity index (χ1v) is 6.90. The second-order valence-corrected chi connectivity index (χ2v) is 5.79. The molecular weight excluding hydrogens is 232 g/mol. The molecule has 0 radical (unpaired) electrons. The minimum Gasteiger partial charge on any atom is -0.359 e. The zero-order valence-corrected chi connectivity index (χ0v) is 12.0. The van der Waals surface area contributed by atoms with Crippen molar-refractivity contribution < 1.29 is 0 Å². The van der Waals surface area contributed by atoms with Gasteiger partial charge in [-0.25, -0.2) is 4.99 Å². The second-order valence-electron chi connectivity index (χ2n) is 5.79. The molecule has 2 rings (SSSR count). The summed E-state index contributed by atoms with van der Waals surface area (Å²) in [6, 6.07) is 10.3. The fraction of sp³-hybridized carbons (Fsp3) is 0.412. The first-order valence-electron chi connectivity index (χ1n) is 6.90. The molecule has 0 heterocycles. The molecule has 1 aromatic carbocycles. The summed E-state index contributed by atoms with van der Waals surface area (Å²) in [5.41, 5.74) is 3.84. The lowest BCUT2D eigenvalue weighted by atomic mass is 9.77. The lowest BCUT2D eigenvalue weighted by Crippen LogP contribution is -2.20. The Balaban J connectivity index is 2.23. The molecule has 0 fully saturated rings. The van der Waals surface area contributed by atoms with Crippen molar-refractivity contribution in [2.45, 2.75) is 33.6 Å². The smallest absolute Gasteiger partial charge is 0.0455 e. The van der Waals surface area contributed by atoms with Crippen LogP contribution in [0.1, 0.15) is 33.6 Å². The third kappa shape index (κ3) is 4.11. The maximum Gasteiger partial charge on any atom is 0.0455 e. The van der Waals surface area contributed by atoms with E-state index in [0.717, 1.165) is 25.1 Å². The van der Waals surface area contributed by atoms with Crippen molar-refractivity contribution in [2.75, 3.05) is 11.9 Å². The van der Waals surface area contributed by atoms with E-state index in [-0.39, 0.29) is 5.41 Å². The zero-order valence-electron chi connectivity index (χ0n) is 12.0. The van der Waals surface area contributed by atoms with Crippen molar-refractivity contribution in [1.82, 2.24) is 0 Å². The molecule has 0 spiro atoms. The Bertz CT molecular complexity index is 517. The van der Waals surface area contributed by atoms with Crippen LogP contribution in [-0.4, -0.2) is 12.4 Å². The lowest BCUT2D eigenvalue weighted by molar-refractivity contribution is 0.354. The molecule has 1 N–H and O–H groups in total. The van der Waals surface area contributed by atoms with Gasteiger partial charge in [0.1, 0.15) is 0 Å². The van der Waals surface area contributed by atoms with Gasteiger partial charge in [0.25, 0.3) is 0 Å². The van der Waals surface area contributed by atoms with Crippen LogP contribution < -0.4 is 5.32 Å². The highest BCUT2D eigenvalue weighted by Crippen LogP contribution is 2.37. The number of allylic oxidation sites excluding steroid dienone is 3. The van der Waals surface area contributed by atoms with E-state index in [1.54, 1.807) is 0 Å². The molecule has 0 unspecified atom stereocenters. The van der Waals surface area contributed by atoms with Crippen LogP contribution in [-0.2, 0) is 0 Å². The minimum atomic E-state index is 0.261. The largest absolute Gasteiger partial charge is 0.359 e. The van der Waals surface area contributed by atoms with Crippen LogP contribution in [0.15, 0.2) is 52.7 Å². The number of hydrogen-bond acceptors (Lipinski definition) is 2. The number of hydrogen-bond donors (Lipinski definition) is 1. The fourth-order valence-electron chi connectivity index (χ4n) is 2.45. The Labute approximate surface area is 116 Å². The van der Waals surface area contributed by atoms with Crippen LogP contribution in [0.3, 0.4) is 0 Å². The predicted octanol–water partition coefficient (Wildman–Crippen LogP) is 4.42. The van der Waals surface area contributed by atoms with Crippen molar-refractivity contribution in [2.24, 2.45) is 10.4 Å². The molecule has 2 nitrogen and oxygen atoms in total. The maximum atomic E-state index is 4.24. The summed E-state index contributed by atoms with van der Waals surface area (Å²) in [5, 5.41) is 3.50. The van der Waals surface area contributed by atoms with Crippen molar-refractivity contribution in [1.29, 1.82) is 0 Å². The van der Waals surface area contributed by atoms with Crippen LogP contribution in [0.4, 0.5) is 5.69 Å². The molecule has 0 atom stereocenters. The monoisotopic (exact) mass is 254 g/mol. The van der Waals surface area contributed by atoms with Gasteiger partial charge in [0.05, 0.1) is 0 Å². The first-order chi connectivity index (χ1) is 9.09. The van der Waals surface area contributed by atoms with Gasteiger partial charge in [-0.3, -0.25) is 0 Å². The maximum absolute atomic E-state index is 4.24. The van der Waals surface area contributed by atoms with E-state index >= 15 is 0 Å². The molecule has 1 aliphatic rings. The first kappa shape index (κ1) is 13.6. The summed E-state index contributed by atoms with van der Waals surface area (Å²) in [6.45, 7) is 7.41. The van der Waals surface area contributed by atoms with Gasteiger partial charge in [0.2, 0.25) is 0 Å². The number of rotatable bonds is 3. The number of benzene rings is 1. The average Bonchev–Trinajstić information content (AvgIpc) is 2.35. The van der Waals surface area contributed by atoms with Gasteiger partial charge in [-0.2, -0.15) is 0 Å². The Hall–Kier alpha value is -1.79. The van der Waals surface area contributed by atoms with Gasteiger partial charge in [-0.05, 0) is 49.3 Å². The number of para-hydroxylation sites is 1. The van der Waals surface area contributed by atoms with E-state index in [1.165, 1.54) is 11.3 Å². The topological polar surface area (TPSA) is 24.4 Å². The molecule has 0 amide bonds. The second kappa shape index (κ2) is 5.90. The van der Waals surface area contributed by atoms with Crippen LogP contribution in [0.5, 0.6) is 0 Å². The summed E-state index contributed by atoms with van der Waals surface area (Å²) in [6.07, 6.45) is 4.28. The molecule has 0 saturated heterocycles. The van der Waals surface area contributed by atoms with Crippen LogP contribution in [0.2, 0.25) is 0 Å². The van der Waals surface area contributed by atoms with Gasteiger partial charge >= 0.3 is 0 Å². The summed E-state index contributed by atoms with van der Waals surface area (Å²) in [7, 11) is 0. The quantitative estimate of drug-likeness (QED) is 0.793. The fourth-order valence-corrected chi connectivity index (χ4v) is 2.45.